The van der Waals surface area contributed by atoms with Crippen LogP contribution in [-0.4, -0.2) is 38.1 Å². The Morgan fingerprint density at radius 3 is 2.82 bits per heavy atom. The molecule has 2 heterocycles. The van der Waals surface area contributed by atoms with Gasteiger partial charge in [0.05, 0.1) is 18.0 Å². The predicted octanol–water partition coefficient (Wildman–Crippen LogP) is 2.76. The molecule has 0 spiro atoms. The quantitative estimate of drug-likeness (QED) is 0.739. The molecular weight excluding hydrogens is 356 g/mol. The summed E-state index contributed by atoms with van der Waals surface area (Å²) in [5, 5.41) is 3.36. The predicted molar refractivity (Wildman–Crippen MR) is 107 cm³/mol. The molecule has 1 aromatic heterocycles. The molecule has 4 rings (SSSR count). The molecule has 0 radical (unpaired) electrons. The lowest BCUT2D eigenvalue weighted by Gasteiger charge is -2.25. The third-order valence-corrected chi connectivity index (χ3v) is 5.04. The molecule has 3 aromatic rings. The number of hydrogen-bond donors (Lipinski definition) is 1. The maximum absolute atomic E-state index is 12.6. The minimum Gasteiger partial charge on any atom is -0.493 e. The van der Waals surface area contributed by atoms with Gasteiger partial charge in [0, 0.05) is 19.0 Å². The molecule has 0 bridgehead atoms. The van der Waals surface area contributed by atoms with Crippen molar-refractivity contribution in [3.05, 3.63) is 75.6 Å². The number of benzene rings is 2. The molecule has 1 aliphatic heterocycles. The molecule has 2 aromatic carbocycles. The van der Waals surface area contributed by atoms with Crippen LogP contribution >= 0.6 is 0 Å². The number of nitrogens with zero attached hydrogens (tertiary/aromatic N) is 1. The van der Waals surface area contributed by atoms with Gasteiger partial charge in [0.1, 0.15) is 11.3 Å². The molecule has 0 aliphatic carbocycles. The highest BCUT2D eigenvalue weighted by molar-refractivity contribution is 5.93. The van der Waals surface area contributed by atoms with Crippen molar-refractivity contribution in [2.45, 2.75) is 12.5 Å². The van der Waals surface area contributed by atoms with Gasteiger partial charge in [0.15, 0.2) is 11.2 Å². The van der Waals surface area contributed by atoms with E-state index in [1.807, 2.05) is 31.1 Å². The molecule has 144 valence electrons. The second kappa shape index (κ2) is 7.48. The molecule has 0 fully saturated rings. The van der Waals surface area contributed by atoms with Crippen LogP contribution in [-0.2, 0) is 6.42 Å². The van der Waals surface area contributed by atoms with Crippen molar-refractivity contribution >= 4 is 16.9 Å². The molecule has 1 aliphatic rings. The smallest absolute Gasteiger partial charge is 0.287 e. The Kier molecular flexibility index (Phi) is 4.88. The Morgan fingerprint density at radius 1 is 1.18 bits per heavy atom. The van der Waals surface area contributed by atoms with Crippen LogP contribution in [0.4, 0.5) is 0 Å². The molecule has 0 saturated carbocycles. The average molecular weight is 378 g/mol. The molecular formula is C22H22N2O4. The Balaban J connectivity index is 1.53. The minimum absolute atomic E-state index is 0.0120. The molecule has 1 atom stereocenters. The van der Waals surface area contributed by atoms with Crippen molar-refractivity contribution in [3.63, 3.8) is 0 Å². The summed E-state index contributed by atoms with van der Waals surface area (Å²) in [5.41, 5.74) is 2.48. The monoisotopic (exact) mass is 378 g/mol. The standard InChI is InChI=1S/C22H22N2O4/c1-24(2)17(14-7-8-19-15(11-14)9-10-27-19)13-23-22(26)21-12-18(25)16-5-3-4-6-20(16)28-21/h3-8,11-12,17H,9-10,13H2,1-2H3,(H,23,26). The lowest BCUT2D eigenvalue weighted by Crippen LogP contribution is -2.34. The highest BCUT2D eigenvalue weighted by Gasteiger charge is 2.20. The first-order chi connectivity index (χ1) is 13.5. The van der Waals surface area contributed by atoms with Gasteiger partial charge in [-0.3, -0.25) is 9.59 Å². The molecule has 0 saturated heterocycles. The SMILES string of the molecule is CN(C)C(CNC(=O)c1cc(=O)c2ccccc2o1)c1ccc2c(c1)CCO2. The van der Waals surface area contributed by atoms with Crippen molar-refractivity contribution in [1.29, 1.82) is 0 Å². The zero-order valence-electron chi connectivity index (χ0n) is 15.9. The first kappa shape index (κ1) is 18.3. The van der Waals surface area contributed by atoms with Crippen molar-refractivity contribution < 1.29 is 13.9 Å². The number of fused-ring (bicyclic) bond motifs is 2. The summed E-state index contributed by atoms with van der Waals surface area (Å²) in [5.74, 6) is 0.547. The number of likely N-dealkylation sites (N-methyl/N-ethyl adjacent to an activating group) is 1. The van der Waals surface area contributed by atoms with Crippen LogP contribution in [0.15, 0.2) is 57.7 Å². The van der Waals surface area contributed by atoms with Gasteiger partial charge in [-0.2, -0.15) is 0 Å². The lowest BCUT2D eigenvalue weighted by molar-refractivity contribution is 0.0914. The van der Waals surface area contributed by atoms with Crippen LogP contribution in [0.25, 0.3) is 11.0 Å². The Bertz CT molecular complexity index is 1090. The molecule has 6 heteroatoms. The number of amides is 1. The number of nitrogens with one attached hydrogen (secondary N) is 1. The van der Waals surface area contributed by atoms with Crippen molar-refractivity contribution in [2.24, 2.45) is 0 Å². The second-order valence-corrected chi connectivity index (χ2v) is 7.13. The number of para-hydroxylation sites is 1. The molecule has 1 amide bonds. The van der Waals surface area contributed by atoms with E-state index in [4.69, 9.17) is 9.15 Å². The first-order valence-corrected chi connectivity index (χ1v) is 9.26. The summed E-state index contributed by atoms with van der Waals surface area (Å²) >= 11 is 0. The van der Waals surface area contributed by atoms with Gasteiger partial charge < -0.3 is 19.4 Å². The highest BCUT2D eigenvalue weighted by atomic mass is 16.5. The summed E-state index contributed by atoms with van der Waals surface area (Å²) in [6.07, 6.45) is 0.901. The third kappa shape index (κ3) is 3.51. The van der Waals surface area contributed by atoms with Gasteiger partial charge in [-0.15, -0.1) is 0 Å². The van der Waals surface area contributed by atoms with E-state index in [9.17, 15) is 9.59 Å². The first-order valence-electron chi connectivity index (χ1n) is 9.26. The zero-order chi connectivity index (χ0) is 19.7. The Labute approximate surface area is 162 Å². The summed E-state index contributed by atoms with van der Waals surface area (Å²) in [4.78, 5) is 26.9. The fourth-order valence-electron chi connectivity index (χ4n) is 3.50. The van der Waals surface area contributed by atoms with E-state index < -0.39 is 5.91 Å². The molecule has 1 unspecified atom stereocenters. The van der Waals surface area contributed by atoms with Gasteiger partial charge in [-0.1, -0.05) is 24.3 Å². The lowest BCUT2D eigenvalue weighted by atomic mass is 10.0. The summed E-state index contributed by atoms with van der Waals surface area (Å²) in [6.45, 7) is 1.10. The molecule has 6 nitrogen and oxygen atoms in total. The van der Waals surface area contributed by atoms with E-state index in [2.05, 4.69) is 11.4 Å². The topological polar surface area (TPSA) is 71.8 Å². The number of rotatable bonds is 5. The fraction of sp³-hybridized carbons (Fsp3) is 0.273. The summed E-state index contributed by atoms with van der Waals surface area (Å²) < 4.78 is 11.2. The van der Waals surface area contributed by atoms with Crippen LogP contribution in [0.3, 0.4) is 0 Å². The fourth-order valence-corrected chi connectivity index (χ4v) is 3.50. The van der Waals surface area contributed by atoms with Gasteiger partial charge in [-0.05, 0) is 43.4 Å². The maximum atomic E-state index is 12.6. The molecule has 28 heavy (non-hydrogen) atoms. The summed E-state index contributed by atoms with van der Waals surface area (Å²) in [7, 11) is 3.94. The van der Waals surface area contributed by atoms with Crippen molar-refractivity contribution in [2.75, 3.05) is 27.2 Å². The van der Waals surface area contributed by atoms with Crippen LogP contribution in [0, 0.1) is 0 Å². The number of hydrogen-bond acceptors (Lipinski definition) is 5. The van der Waals surface area contributed by atoms with Gasteiger partial charge in [-0.25, -0.2) is 0 Å². The van der Waals surface area contributed by atoms with E-state index in [0.29, 0.717) is 24.1 Å². The Hall–Kier alpha value is -3.12. The largest absolute Gasteiger partial charge is 0.493 e. The number of carbonyl (C=O) groups is 1. The van der Waals surface area contributed by atoms with Crippen molar-refractivity contribution in [1.82, 2.24) is 10.2 Å². The highest BCUT2D eigenvalue weighted by Crippen LogP contribution is 2.29. The average Bonchev–Trinajstić information content (AvgIpc) is 3.15. The normalized spacial score (nSPS) is 14.0. The van der Waals surface area contributed by atoms with Gasteiger partial charge in [0.2, 0.25) is 0 Å². The van der Waals surface area contributed by atoms with E-state index in [1.165, 1.54) is 11.6 Å². The van der Waals surface area contributed by atoms with Crippen LogP contribution < -0.4 is 15.5 Å². The summed E-state index contributed by atoms with van der Waals surface area (Å²) in [6, 6.07) is 14.3. The Morgan fingerprint density at radius 2 is 2.00 bits per heavy atom. The van der Waals surface area contributed by atoms with Crippen LogP contribution in [0.1, 0.15) is 27.7 Å². The van der Waals surface area contributed by atoms with E-state index in [-0.39, 0.29) is 17.2 Å². The van der Waals surface area contributed by atoms with E-state index in [1.54, 1.807) is 24.3 Å². The maximum Gasteiger partial charge on any atom is 0.287 e. The number of ether oxygens (including phenoxy) is 1. The van der Waals surface area contributed by atoms with Gasteiger partial charge in [0.25, 0.3) is 5.91 Å². The van der Waals surface area contributed by atoms with Crippen molar-refractivity contribution in [3.8, 4) is 5.75 Å². The number of carbonyl (C=O) groups excluding carboxylic acids is 1. The van der Waals surface area contributed by atoms with Crippen LogP contribution in [0.2, 0.25) is 0 Å². The second-order valence-electron chi connectivity index (χ2n) is 7.13. The van der Waals surface area contributed by atoms with Gasteiger partial charge >= 0.3 is 0 Å². The van der Waals surface area contributed by atoms with E-state index >= 15 is 0 Å². The molecule has 1 N–H and O–H groups in total. The minimum atomic E-state index is -0.404. The van der Waals surface area contributed by atoms with Crippen LogP contribution in [0.5, 0.6) is 5.75 Å². The third-order valence-electron chi connectivity index (χ3n) is 5.04. The van der Waals surface area contributed by atoms with E-state index in [0.717, 1.165) is 17.7 Å². The zero-order valence-corrected chi connectivity index (χ0v) is 15.9.